The number of halogens is 2. The van der Waals surface area contributed by atoms with Crippen molar-refractivity contribution in [1.82, 2.24) is 0 Å². The van der Waals surface area contributed by atoms with Gasteiger partial charge in [-0.05, 0) is 13.8 Å². The maximum Gasteiger partial charge on any atom is 0.183 e. The monoisotopic (exact) mass is 272 g/mol. The van der Waals surface area contributed by atoms with E-state index < -0.39 is 11.3 Å². The van der Waals surface area contributed by atoms with Crippen LogP contribution in [0.5, 0.6) is 0 Å². The van der Waals surface area contributed by atoms with Gasteiger partial charge in [0.15, 0.2) is 11.3 Å². The quantitative estimate of drug-likeness (QED) is 0.230. The minimum absolute atomic E-state index is 0. The summed E-state index contributed by atoms with van der Waals surface area (Å²) in [6.07, 6.45) is 0. The average Bonchev–Trinajstić information content (AvgIpc) is 2.01. The summed E-state index contributed by atoms with van der Waals surface area (Å²) in [6, 6.07) is 0. The second kappa shape index (κ2) is 6.59. The van der Waals surface area contributed by atoms with E-state index in [1.807, 2.05) is 0 Å². The van der Waals surface area contributed by atoms with Gasteiger partial charge in [-0.3, -0.25) is 22.3 Å². The predicted octanol–water partition coefficient (Wildman–Crippen LogP) is -0.496. The molecule has 96 valence electrons. The number of rotatable bonds is 4. The standard InChI is InChI=1S/C6H16N8.2ClH/c1-5(11,3(7)8)13-14-6(2,12)4(9)10;;/h11-12H2,1-2H3,(H3,7,8)(H3,9,10);2*1H. The molecular weight excluding hydrogens is 255 g/mol. The molecule has 0 aromatic heterocycles. The lowest BCUT2D eigenvalue weighted by Gasteiger charge is -2.20. The lowest BCUT2D eigenvalue weighted by molar-refractivity contribution is 0.527. The van der Waals surface area contributed by atoms with Crippen molar-refractivity contribution in [3.8, 4) is 0 Å². The summed E-state index contributed by atoms with van der Waals surface area (Å²) in [6.45, 7) is 2.80. The van der Waals surface area contributed by atoms with Crippen molar-refractivity contribution in [2.45, 2.75) is 25.2 Å². The fourth-order valence-corrected chi connectivity index (χ4v) is 0.315. The van der Waals surface area contributed by atoms with E-state index in [9.17, 15) is 0 Å². The van der Waals surface area contributed by atoms with Gasteiger partial charge in [0, 0.05) is 0 Å². The number of hydrogen-bond acceptors (Lipinski definition) is 6. The third-order valence-electron chi connectivity index (χ3n) is 1.56. The molecule has 0 aliphatic carbocycles. The Labute approximate surface area is 106 Å². The van der Waals surface area contributed by atoms with Gasteiger partial charge in [0.1, 0.15) is 11.7 Å². The van der Waals surface area contributed by atoms with Crippen molar-refractivity contribution in [3.63, 3.8) is 0 Å². The van der Waals surface area contributed by atoms with Gasteiger partial charge in [0.2, 0.25) is 0 Å². The first-order valence-electron chi connectivity index (χ1n) is 3.80. The highest BCUT2D eigenvalue weighted by Gasteiger charge is 2.26. The van der Waals surface area contributed by atoms with Gasteiger partial charge in [0.05, 0.1) is 0 Å². The maximum atomic E-state index is 7.09. The van der Waals surface area contributed by atoms with E-state index in [0.29, 0.717) is 0 Å². The van der Waals surface area contributed by atoms with Gasteiger partial charge >= 0.3 is 0 Å². The Balaban J connectivity index is -0.000000845. The first-order chi connectivity index (χ1) is 6.09. The third kappa shape index (κ3) is 5.81. The largest absolute Gasteiger partial charge is 0.384 e. The zero-order valence-electron chi connectivity index (χ0n) is 9.02. The molecule has 10 N–H and O–H groups in total. The van der Waals surface area contributed by atoms with Gasteiger partial charge in [-0.15, -0.1) is 24.8 Å². The van der Waals surface area contributed by atoms with E-state index in [-0.39, 0.29) is 36.5 Å². The molecule has 16 heavy (non-hydrogen) atoms. The normalized spacial score (nSPS) is 17.5. The molecule has 0 rings (SSSR count). The number of amidine groups is 2. The van der Waals surface area contributed by atoms with Gasteiger partial charge in [0.25, 0.3) is 0 Å². The minimum atomic E-state index is -1.42. The number of azo groups is 1. The summed E-state index contributed by atoms with van der Waals surface area (Å²) in [5, 5.41) is 21.3. The Kier molecular flexibility index (Phi) is 8.42. The van der Waals surface area contributed by atoms with Crippen LogP contribution < -0.4 is 22.9 Å². The number of nitrogens with zero attached hydrogens (tertiary/aromatic N) is 2. The molecule has 0 aliphatic rings. The van der Waals surface area contributed by atoms with Crippen molar-refractivity contribution >= 4 is 36.5 Å². The van der Waals surface area contributed by atoms with Gasteiger partial charge in [-0.1, -0.05) is 0 Å². The first-order valence-corrected chi connectivity index (χ1v) is 3.80. The van der Waals surface area contributed by atoms with E-state index in [4.69, 9.17) is 33.8 Å². The summed E-state index contributed by atoms with van der Waals surface area (Å²) in [5.41, 5.74) is 18.4. The van der Waals surface area contributed by atoms with Gasteiger partial charge in [-0.2, -0.15) is 10.2 Å². The van der Waals surface area contributed by atoms with E-state index in [1.54, 1.807) is 0 Å². The molecule has 0 aromatic rings. The van der Waals surface area contributed by atoms with Gasteiger partial charge < -0.3 is 11.5 Å². The molecule has 0 aromatic carbocycles. The Bertz CT molecular complexity index is 256. The molecule has 2 atom stereocenters. The zero-order chi connectivity index (χ0) is 11.6. The van der Waals surface area contributed by atoms with Crippen molar-refractivity contribution in [3.05, 3.63) is 0 Å². The van der Waals surface area contributed by atoms with Crippen LogP contribution in [0.25, 0.3) is 0 Å². The molecule has 0 fully saturated rings. The van der Waals surface area contributed by atoms with Crippen LogP contribution in [-0.4, -0.2) is 23.0 Å². The van der Waals surface area contributed by atoms with Gasteiger partial charge in [-0.25, -0.2) is 0 Å². The Morgan fingerprint density at radius 1 is 0.875 bits per heavy atom. The molecule has 2 unspecified atom stereocenters. The number of nitrogens with one attached hydrogen (secondary N) is 2. The second-order valence-corrected chi connectivity index (χ2v) is 3.32. The smallest absolute Gasteiger partial charge is 0.183 e. The van der Waals surface area contributed by atoms with Crippen LogP contribution >= 0.6 is 24.8 Å². The van der Waals surface area contributed by atoms with E-state index >= 15 is 0 Å². The molecule has 0 aliphatic heterocycles. The molecular formula is C6H18Cl2N8. The minimum Gasteiger partial charge on any atom is -0.384 e. The molecule has 0 amide bonds. The van der Waals surface area contributed by atoms with Crippen LogP contribution in [0.3, 0.4) is 0 Å². The molecule has 10 heteroatoms. The highest BCUT2D eigenvalue weighted by Crippen LogP contribution is 2.07. The highest BCUT2D eigenvalue weighted by atomic mass is 35.5. The maximum absolute atomic E-state index is 7.09. The van der Waals surface area contributed by atoms with E-state index in [2.05, 4.69) is 10.2 Å². The fraction of sp³-hybridized carbons (Fsp3) is 0.667. The molecule has 0 bridgehead atoms. The molecule has 0 spiro atoms. The SMILES string of the molecule is CC(N)(N=NC(C)(N)C(=N)N)C(=N)N.Cl.Cl. The Morgan fingerprint density at radius 2 is 1.06 bits per heavy atom. The first kappa shape index (κ1) is 20.5. The fourth-order valence-electron chi connectivity index (χ4n) is 0.315. The van der Waals surface area contributed by atoms with Crippen molar-refractivity contribution < 1.29 is 0 Å². The number of hydrogen-bond donors (Lipinski definition) is 6. The van der Waals surface area contributed by atoms with Crippen molar-refractivity contribution in [2.75, 3.05) is 0 Å². The lowest BCUT2D eigenvalue weighted by Crippen LogP contribution is -2.50. The summed E-state index contributed by atoms with van der Waals surface area (Å²) >= 11 is 0. The van der Waals surface area contributed by atoms with E-state index in [0.717, 1.165) is 0 Å². The molecule has 0 radical (unpaired) electrons. The molecule has 0 heterocycles. The van der Waals surface area contributed by atoms with E-state index in [1.165, 1.54) is 13.8 Å². The summed E-state index contributed by atoms with van der Waals surface area (Å²) < 4.78 is 0. The van der Waals surface area contributed by atoms with Crippen LogP contribution in [0.4, 0.5) is 0 Å². The summed E-state index contributed by atoms with van der Waals surface area (Å²) in [5.74, 6) is -0.693. The summed E-state index contributed by atoms with van der Waals surface area (Å²) in [4.78, 5) is 0. The topological polar surface area (TPSA) is 176 Å². The Morgan fingerprint density at radius 3 is 1.19 bits per heavy atom. The third-order valence-corrected chi connectivity index (χ3v) is 1.56. The van der Waals surface area contributed by atoms with Crippen molar-refractivity contribution in [1.29, 1.82) is 10.8 Å². The van der Waals surface area contributed by atoms with Crippen LogP contribution in [0.1, 0.15) is 13.8 Å². The van der Waals surface area contributed by atoms with Crippen LogP contribution in [0, 0.1) is 10.8 Å². The van der Waals surface area contributed by atoms with Crippen LogP contribution in [0.15, 0.2) is 10.2 Å². The highest BCUT2D eigenvalue weighted by molar-refractivity contribution is 5.87. The average molecular weight is 273 g/mol. The zero-order valence-corrected chi connectivity index (χ0v) is 10.7. The molecule has 0 saturated carbocycles. The predicted molar refractivity (Wildman–Crippen MR) is 68.4 cm³/mol. The van der Waals surface area contributed by atoms with Crippen LogP contribution in [-0.2, 0) is 0 Å². The lowest BCUT2D eigenvalue weighted by atomic mass is 10.2. The molecule has 0 saturated heterocycles. The summed E-state index contributed by atoms with van der Waals surface area (Å²) in [7, 11) is 0. The molecule has 8 nitrogen and oxygen atoms in total. The number of nitrogens with two attached hydrogens (primary N) is 4. The second-order valence-electron chi connectivity index (χ2n) is 3.32. The Hall–Kier alpha value is -0.960. The van der Waals surface area contributed by atoms with Crippen LogP contribution in [0.2, 0.25) is 0 Å². The van der Waals surface area contributed by atoms with Crippen molar-refractivity contribution in [2.24, 2.45) is 33.2 Å².